The SMILES string of the molecule is C.CCCN1CC(CS)CC(c2cccc(O)c2)C1. The number of piperidine rings is 1. The second-order valence-corrected chi connectivity index (χ2v) is 5.70. The molecule has 0 aromatic heterocycles. The van der Waals surface area contributed by atoms with Gasteiger partial charge in [0.15, 0.2) is 0 Å². The zero-order valence-corrected chi connectivity index (χ0v) is 11.9. The molecule has 108 valence electrons. The number of thiol groups is 1. The summed E-state index contributed by atoms with van der Waals surface area (Å²) in [4.78, 5) is 2.54. The zero-order valence-electron chi connectivity index (χ0n) is 11.0. The lowest BCUT2D eigenvalue weighted by molar-refractivity contribution is 0.166. The highest BCUT2D eigenvalue weighted by Gasteiger charge is 2.27. The monoisotopic (exact) mass is 281 g/mol. The van der Waals surface area contributed by atoms with Crippen LogP contribution >= 0.6 is 12.6 Å². The molecule has 0 spiro atoms. The molecule has 0 bridgehead atoms. The lowest BCUT2D eigenvalue weighted by Gasteiger charge is -2.37. The predicted octanol–water partition coefficient (Wildman–Crippen LogP) is 3.77. The van der Waals surface area contributed by atoms with Crippen LogP contribution < -0.4 is 0 Å². The maximum atomic E-state index is 9.61. The first-order chi connectivity index (χ1) is 8.72. The Bertz CT molecular complexity index is 383. The molecule has 2 atom stereocenters. The molecule has 1 aliphatic rings. The molecular formula is C16H27NOS. The van der Waals surface area contributed by atoms with Crippen molar-refractivity contribution in [1.29, 1.82) is 0 Å². The fraction of sp³-hybridized carbons (Fsp3) is 0.625. The van der Waals surface area contributed by atoms with E-state index in [1.807, 2.05) is 12.1 Å². The number of hydrogen-bond acceptors (Lipinski definition) is 3. The quantitative estimate of drug-likeness (QED) is 0.821. The summed E-state index contributed by atoms with van der Waals surface area (Å²) in [6, 6.07) is 7.73. The number of benzene rings is 1. The maximum Gasteiger partial charge on any atom is 0.115 e. The third kappa shape index (κ3) is 4.43. The van der Waals surface area contributed by atoms with E-state index in [2.05, 4.69) is 30.5 Å². The minimum absolute atomic E-state index is 0. The number of rotatable bonds is 4. The summed E-state index contributed by atoms with van der Waals surface area (Å²) >= 11 is 4.47. The van der Waals surface area contributed by atoms with Crippen molar-refractivity contribution in [1.82, 2.24) is 4.90 Å². The highest BCUT2D eigenvalue weighted by Crippen LogP contribution is 2.32. The van der Waals surface area contributed by atoms with Gasteiger partial charge in [0.1, 0.15) is 5.75 Å². The van der Waals surface area contributed by atoms with Gasteiger partial charge in [0.25, 0.3) is 0 Å². The van der Waals surface area contributed by atoms with Crippen LogP contribution in [0.25, 0.3) is 0 Å². The summed E-state index contributed by atoms with van der Waals surface area (Å²) in [6.07, 6.45) is 2.39. The van der Waals surface area contributed by atoms with E-state index in [0.717, 1.165) is 12.3 Å². The molecule has 3 heteroatoms. The van der Waals surface area contributed by atoms with Crippen LogP contribution in [0.1, 0.15) is 38.7 Å². The molecule has 1 aromatic rings. The molecule has 1 saturated heterocycles. The number of likely N-dealkylation sites (tertiary alicyclic amines) is 1. The minimum Gasteiger partial charge on any atom is -0.508 e. The minimum atomic E-state index is 0. The van der Waals surface area contributed by atoms with Crippen LogP contribution in [0.15, 0.2) is 24.3 Å². The molecule has 2 nitrogen and oxygen atoms in total. The highest BCUT2D eigenvalue weighted by molar-refractivity contribution is 7.80. The van der Waals surface area contributed by atoms with Crippen molar-refractivity contribution in [3.05, 3.63) is 29.8 Å². The third-order valence-electron chi connectivity index (χ3n) is 3.75. The predicted molar refractivity (Wildman–Crippen MR) is 86.3 cm³/mol. The molecule has 1 aromatic carbocycles. The average molecular weight is 281 g/mol. The van der Waals surface area contributed by atoms with Crippen molar-refractivity contribution in [3.63, 3.8) is 0 Å². The van der Waals surface area contributed by atoms with Gasteiger partial charge in [-0.15, -0.1) is 0 Å². The van der Waals surface area contributed by atoms with Gasteiger partial charge >= 0.3 is 0 Å². The van der Waals surface area contributed by atoms with Crippen LogP contribution in [0, 0.1) is 5.92 Å². The lowest BCUT2D eigenvalue weighted by atomic mass is 9.85. The molecule has 2 rings (SSSR count). The van der Waals surface area contributed by atoms with Crippen molar-refractivity contribution >= 4 is 12.6 Å². The Labute approximate surface area is 123 Å². The fourth-order valence-electron chi connectivity index (χ4n) is 2.95. The van der Waals surface area contributed by atoms with Gasteiger partial charge in [-0.3, -0.25) is 0 Å². The Morgan fingerprint density at radius 1 is 1.37 bits per heavy atom. The van der Waals surface area contributed by atoms with Gasteiger partial charge in [0.05, 0.1) is 0 Å². The van der Waals surface area contributed by atoms with Crippen molar-refractivity contribution in [2.24, 2.45) is 5.92 Å². The Morgan fingerprint density at radius 3 is 2.79 bits per heavy atom. The van der Waals surface area contributed by atoms with E-state index in [4.69, 9.17) is 0 Å². The topological polar surface area (TPSA) is 23.5 Å². The van der Waals surface area contributed by atoms with Gasteiger partial charge in [-0.1, -0.05) is 26.5 Å². The van der Waals surface area contributed by atoms with Crippen LogP contribution in [0.2, 0.25) is 0 Å². The van der Waals surface area contributed by atoms with Gasteiger partial charge in [-0.25, -0.2) is 0 Å². The van der Waals surface area contributed by atoms with Crippen LogP contribution in [0.4, 0.5) is 0 Å². The Hall–Kier alpha value is -0.670. The molecule has 1 heterocycles. The first-order valence-corrected chi connectivity index (χ1v) is 7.48. The summed E-state index contributed by atoms with van der Waals surface area (Å²) in [5, 5.41) is 9.61. The number of aromatic hydroxyl groups is 1. The zero-order chi connectivity index (χ0) is 13.0. The van der Waals surface area contributed by atoms with E-state index in [9.17, 15) is 5.11 Å². The molecule has 1 fully saturated rings. The number of phenols is 1. The number of nitrogens with zero attached hydrogens (tertiary/aromatic N) is 1. The van der Waals surface area contributed by atoms with Crippen LogP contribution in [0.5, 0.6) is 5.75 Å². The Morgan fingerprint density at radius 2 is 2.16 bits per heavy atom. The van der Waals surface area contributed by atoms with E-state index < -0.39 is 0 Å². The highest BCUT2D eigenvalue weighted by atomic mass is 32.1. The normalized spacial score (nSPS) is 23.9. The first-order valence-electron chi connectivity index (χ1n) is 6.85. The number of phenolic OH excluding ortho intramolecular Hbond substituents is 1. The maximum absolute atomic E-state index is 9.61. The molecule has 0 amide bonds. The Balaban J connectivity index is 0.00000180. The molecule has 0 aliphatic carbocycles. The molecule has 1 aliphatic heterocycles. The van der Waals surface area contributed by atoms with Gasteiger partial charge in [-0.05, 0) is 54.7 Å². The van der Waals surface area contributed by atoms with Gasteiger partial charge in [0.2, 0.25) is 0 Å². The second kappa shape index (κ2) is 7.81. The van der Waals surface area contributed by atoms with Gasteiger partial charge in [0, 0.05) is 13.1 Å². The molecule has 1 N–H and O–H groups in total. The molecule has 2 unspecified atom stereocenters. The number of hydrogen-bond donors (Lipinski definition) is 2. The van der Waals surface area contributed by atoms with Gasteiger partial charge in [-0.2, -0.15) is 12.6 Å². The Kier molecular flexibility index (Phi) is 6.73. The standard InChI is InChI=1S/C15H23NOS.CH4/c1-2-6-16-9-12(11-18)7-14(10-16)13-4-3-5-15(17)8-13;/h3-5,8,12,14,17-18H,2,6-7,9-11H2,1H3;1H4. The van der Waals surface area contributed by atoms with Crippen molar-refractivity contribution in [2.75, 3.05) is 25.4 Å². The summed E-state index contributed by atoms with van der Waals surface area (Å²) in [6.45, 7) is 5.68. The molecule has 0 saturated carbocycles. The molecule has 0 radical (unpaired) electrons. The first kappa shape index (κ1) is 16.4. The molecular weight excluding hydrogens is 254 g/mol. The lowest BCUT2D eigenvalue weighted by Crippen LogP contribution is -2.40. The smallest absolute Gasteiger partial charge is 0.115 e. The van der Waals surface area contributed by atoms with E-state index in [-0.39, 0.29) is 7.43 Å². The largest absolute Gasteiger partial charge is 0.508 e. The van der Waals surface area contributed by atoms with E-state index in [1.54, 1.807) is 6.07 Å². The van der Waals surface area contributed by atoms with Gasteiger partial charge < -0.3 is 10.0 Å². The average Bonchev–Trinajstić information content (AvgIpc) is 2.39. The van der Waals surface area contributed by atoms with Crippen LogP contribution in [0.3, 0.4) is 0 Å². The summed E-state index contributed by atoms with van der Waals surface area (Å²) < 4.78 is 0. The van der Waals surface area contributed by atoms with E-state index >= 15 is 0 Å². The van der Waals surface area contributed by atoms with E-state index in [1.165, 1.54) is 31.5 Å². The van der Waals surface area contributed by atoms with Crippen molar-refractivity contribution in [2.45, 2.75) is 33.1 Å². The summed E-state index contributed by atoms with van der Waals surface area (Å²) in [5.41, 5.74) is 1.27. The van der Waals surface area contributed by atoms with E-state index in [0.29, 0.717) is 17.6 Å². The van der Waals surface area contributed by atoms with Crippen molar-refractivity contribution in [3.8, 4) is 5.75 Å². The summed E-state index contributed by atoms with van der Waals surface area (Å²) in [7, 11) is 0. The third-order valence-corrected chi connectivity index (χ3v) is 4.27. The van der Waals surface area contributed by atoms with Crippen LogP contribution in [-0.2, 0) is 0 Å². The fourth-order valence-corrected chi connectivity index (χ4v) is 3.22. The molecule has 19 heavy (non-hydrogen) atoms. The van der Waals surface area contributed by atoms with Crippen molar-refractivity contribution < 1.29 is 5.11 Å². The summed E-state index contributed by atoms with van der Waals surface area (Å²) in [5.74, 6) is 2.54. The van der Waals surface area contributed by atoms with Crippen LogP contribution in [-0.4, -0.2) is 35.4 Å². The second-order valence-electron chi connectivity index (χ2n) is 5.34.